The van der Waals surface area contributed by atoms with E-state index in [2.05, 4.69) is 21.2 Å². The Morgan fingerprint density at radius 2 is 1.74 bits per heavy atom. The third kappa shape index (κ3) is 7.80. The van der Waals surface area contributed by atoms with E-state index in [-0.39, 0.29) is 18.5 Å². The number of hydrogen-bond acceptors (Lipinski definition) is 4. The van der Waals surface area contributed by atoms with Crippen LogP contribution in [0.5, 0.6) is 0 Å². The predicted octanol–water partition coefficient (Wildman–Crippen LogP) is 4.39. The van der Waals surface area contributed by atoms with Gasteiger partial charge in [-0.1, -0.05) is 65.0 Å². The van der Waals surface area contributed by atoms with E-state index in [4.69, 9.17) is 0 Å². The minimum Gasteiger partial charge on any atom is -0.352 e. The molecule has 0 bridgehead atoms. The van der Waals surface area contributed by atoms with Crippen LogP contribution in [0.4, 0.5) is 5.69 Å². The Balaban J connectivity index is 1.86. The summed E-state index contributed by atoms with van der Waals surface area (Å²) in [5.41, 5.74) is 2.23. The number of anilines is 1. The number of aryl methyl sites for hydroxylation is 1. The Hall–Kier alpha value is -2.39. The lowest BCUT2D eigenvalue weighted by Crippen LogP contribution is -2.52. The van der Waals surface area contributed by atoms with Crippen molar-refractivity contribution in [1.29, 1.82) is 0 Å². The Labute approximate surface area is 217 Å². The lowest BCUT2D eigenvalue weighted by atomic mass is 9.95. The monoisotopic (exact) mass is 563 g/mol. The molecule has 2 amide bonds. The molecule has 0 saturated heterocycles. The standard InChI is InChI=1S/C26H34BrN3O4S/c1-19-12-14-24(15-13-19)30(35(3,33)34)18-25(31)29(17-21-8-7-9-22(27)16-21)20(2)26(32)28-23-10-5-4-6-11-23/h7-9,12-16,20,23H,4-6,10-11,17-18H2,1-3H3,(H,28,32)/t20-/m0/s1. The van der Waals surface area contributed by atoms with E-state index in [9.17, 15) is 18.0 Å². The molecular weight excluding hydrogens is 530 g/mol. The normalized spacial score (nSPS) is 15.3. The molecule has 7 nitrogen and oxygen atoms in total. The molecule has 0 spiro atoms. The van der Waals surface area contributed by atoms with Crippen molar-refractivity contribution in [2.45, 2.75) is 64.6 Å². The van der Waals surface area contributed by atoms with Gasteiger partial charge in [-0.05, 0) is 56.5 Å². The van der Waals surface area contributed by atoms with Gasteiger partial charge in [0, 0.05) is 17.1 Å². The molecule has 1 saturated carbocycles. The summed E-state index contributed by atoms with van der Waals surface area (Å²) in [6.45, 7) is 3.40. The van der Waals surface area contributed by atoms with Gasteiger partial charge in [-0.25, -0.2) is 8.42 Å². The van der Waals surface area contributed by atoms with Crippen molar-refractivity contribution in [3.8, 4) is 0 Å². The zero-order chi connectivity index (χ0) is 25.6. The first kappa shape index (κ1) is 27.2. The van der Waals surface area contributed by atoms with Crippen LogP contribution < -0.4 is 9.62 Å². The van der Waals surface area contributed by atoms with Gasteiger partial charge in [0.1, 0.15) is 12.6 Å². The van der Waals surface area contributed by atoms with Crippen molar-refractivity contribution in [2.75, 3.05) is 17.1 Å². The van der Waals surface area contributed by atoms with Crippen molar-refractivity contribution in [3.63, 3.8) is 0 Å². The molecular formula is C26H34BrN3O4S. The summed E-state index contributed by atoms with van der Waals surface area (Å²) < 4.78 is 27.2. The van der Waals surface area contributed by atoms with E-state index in [0.717, 1.165) is 51.8 Å². The number of carbonyl (C=O) groups excluding carboxylic acids is 2. The SMILES string of the molecule is Cc1ccc(N(CC(=O)N(Cc2cccc(Br)c2)[C@@H](C)C(=O)NC2CCCCC2)S(C)(=O)=O)cc1. The molecule has 0 unspecified atom stereocenters. The lowest BCUT2D eigenvalue weighted by molar-refractivity contribution is -0.139. The fourth-order valence-electron chi connectivity index (χ4n) is 4.31. The summed E-state index contributed by atoms with van der Waals surface area (Å²) in [5, 5.41) is 3.10. The molecule has 3 rings (SSSR count). The molecule has 35 heavy (non-hydrogen) atoms. The Morgan fingerprint density at radius 3 is 2.34 bits per heavy atom. The summed E-state index contributed by atoms with van der Waals surface area (Å²) in [6.07, 6.45) is 6.30. The van der Waals surface area contributed by atoms with Gasteiger partial charge in [-0.15, -0.1) is 0 Å². The predicted molar refractivity (Wildman–Crippen MR) is 143 cm³/mol. The zero-order valence-electron chi connectivity index (χ0n) is 20.5. The first-order chi connectivity index (χ1) is 16.5. The number of carbonyl (C=O) groups is 2. The van der Waals surface area contributed by atoms with Gasteiger partial charge >= 0.3 is 0 Å². The van der Waals surface area contributed by atoms with Crippen LogP contribution in [-0.4, -0.2) is 50.0 Å². The highest BCUT2D eigenvalue weighted by molar-refractivity contribution is 9.10. The van der Waals surface area contributed by atoms with Crippen LogP contribution in [0.15, 0.2) is 53.0 Å². The summed E-state index contributed by atoms with van der Waals surface area (Å²) in [7, 11) is -3.73. The van der Waals surface area contributed by atoms with Crippen molar-refractivity contribution < 1.29 is 18.0 Å². The number of hydrogen-bond donors (Lipinski definition) is 1. The summed E-state index contributed by atoms with van der Waals surface area (Å²) >= 11 is 3.45. The number of rotatable bonds is 9. The van der Waals surface area contributed by atoms with Crippen LogP contribution in [0, 0.1) is 6.92 Å². The Morgan fingerprint density at radius 1 is 1.09 bits per heavy atom. The molecule has 1 aliphatic rings. The molecule has 0 radical (unpaired) electrons. The van der Waals surface area contributed by atoms with E-state index in [0.29, 0.717) is 5.69 Å². The molecule has 2 aromatic carbocycles. The van der Waals surface area contributed by atoms with Crippen molar-refractivity contribution in [1.82, 2.24) is 10.2 Å². The van der Waals surface area contributed by atoms with Crippen LogP contribution in [-0.2, 0) is 26.2 Å². The number of amides is 2. The second-order valence-corrected chi connectivity index (χ2v) is 12.1. The third-order valence-electron chi connectivity index (χ3n) is 6.36. The van der Waals surface area contributed by atoms with Gasteiger partial charge in [0.25, 0.3) is 0 Å². The second kappa shape index (κ2) is 12.0. The smallest absolute Gasteiger partial charge is 0.244 e. The molecule has 1 fully saturated rings. The number of nitrogens with one attached hydrogen (secondary N) is 1. The van der Waals surface area contributed by atoms with Gasteiger partial charge < -0.3 is 10.2 Å². The first-order valence-corrected chi connectivity index (χ1v) is 14.6. The molecule has 1 atom stereocenters. The summed E-state index contributed by atoms with van der Waals surface area (Å²) in [4.78, 5) is 28.2. The largest absolute Gasteiger partial charge is 0.352 e. The third-order valence-corrected chi connectivity index (χ3v) is 8.00. The topological polar surface area (TPSA) is 86.8 Å². The van der Waals surface area contributed by atoms with Crippen LogP contribution >= 0.6 is 15.9 Å². The van der Waals surface area contributed by atoms with Crippen LogP contribution in [0.3, 0.4) is 0 Å². The fourth-order valence-corrected chi connectivity index (χ4v) is 5.60. The molecule has 1 aliphatic carbocycles. The molecule has 0 aliphatic heterocycles. The summed E-state index contributed by atoms with van der Waals surface area (Å²) in [5.74, 6) is -0.663. The van der Waals surface area contributed by atoms with Crippen LogP contribution in [0.2, 0.25) is 0 Å². The van der Waals surface area contributed by atoms with E-state index < -0.39 is 28.5 Å². The average molecular weight is 565 g/mol. The molecule has 190 valence electrons. The minimum atomic E-state index is -3.73. The van der Waals surface area contributed by atoms with Gasteiger partial charge in [0.05, 0.1) is 11.9 Å². The first-order valence-electron chi connectivity index (χ1n) is 11.9. The molecule has 1 N–H and O–H groups in total. The summed E-state index contributed by atoms with van der Waals surface area (Å²) in [6, 6.07) is 13.8. The minimum absolute atomic E-state index is 0.113. The number of nitrogens with zero attached hydrogens (tertiary/aromatic N) is 2. The maximum atomic E-state index is 13.6. The molecule has 0 aromatic heterocycles. The number of halogens is 1. The molecule has 0 heterocycles. The van der Waals surface area contributed by atoms with E-state index >= 15 is 0 Å². The van der Waals surface area contributed by atoms with E-state index in [1.54, 1.807) is 31.2 Å². The van der Waals surface area contributed by atoms with Gasteiger partial charge in [-0.3, -0.25) is 13.9 Å². The fraction of sp³-hybridized carbons (Fsp3) is 0.462. The highest BCUT2D eigenvalue weighted by Crippen LogP contribution is 2.21. The van der Waals surface area contributed by atoms with Gasteiger partial charge in [0.15, 0.2) is 0 Å². The molecule has 9 heteroatoms. The highest BCUT2D eigenvalue weighted by atomic mass is 79.9. The maximum Gasteiger partial charge on any atom is 0.244 e. The quantitative estimate of drug-likeness (QED) is 0.490. The van der Waals surface area contributed by atoms with Gasteiger partial charge in [0.2, 0.25) is 21.8 Å². The van der Waals surface area contributed by atoms with Crippen LogP contribution in [0.25, 0.3) is 0 Å². The zero-order valence-corrected chi connectivity index (χ0v) is 22.9. The van der Waals surface area contributed by atoms with Crippen molar-refractivity contribution in [2.24, 2.45) is 0 Å². The number of sulfonamides is 1. The van der Waals surface area contributed by atoms with E-state index in [1.807, 2.05) is 31.2 Å². The average Bonchev–Trinajstić information content (AvgIpc) is 2.81. The second-order valence-electron chi connectivity index (χ2n) is 9.28. The number of benzene rings is 2. The lowest BCUT2D eigenvalue weighted by Gasteiger charge is -2.33. The molecule has 2 aromatic rings. The highest BCUT2D eigenvalue weighted by Gasteiger charge is 2.31. The van der Waals surface area contributed by atoms with E-state index in [1.165, 1.54) is 11.3 Å². The maximum absolute atomic E-state index is 13.6. The van der Waals surface area contributed by atoms with Crippen molar-refractivity contribution >= 4 is 43.5 Å². The van der Waals surface area contributed by atoms with Crippen LogP contribution in [0.1, 0.15) is 50.2 Å². The van der Waals surface area contributed by atoms with Gasteiger partial charge in [-0.2, -0.15) is 0 Å². The van der Waals surface area contributed by atoms with Crippen molar-refractivity contribution in [3.05, 3.63) is 64.1 Å². The Bertz CT molecular complexity index is 1130. The Kier molecular flexibility index (Phi) is 9.35.